The van der Waals surface area contributed by atoms with E-state index in [0.29, 0.717) is 12.3 Å². The lowest BCUT2D eigenvalue weighted by Gasteiger charge is -2.29. The maximum Gasteiger partial charge on any atom is 0.115 e. The molecular weight excluding hydrogens is 260 g/mol. The molecule has 3 N–H and O–H groups in total. The minimum atomic E-state index is 0.240. The third kappa shape index (κ3) is 4.59. The van der Waals surface area contributed by atoms with Crippen LogP contribution in [0.3, 0.4) is 0 Å². The molecule has 2 aromatic carbocycles. The maximum absolute atomic E-state index is 9.67. The van der Waals surface area contributed by atoms with Gasteiger partial charge in [0.25, 0.3) is 0 Å². The molecule has 0 amide bonds. The highest BCUT2D eigenvalue weighted by Crippen LogP contribution is 2.25. The van der Waals surface area contributed by atoms with Crippen LogP contribution in [0.5, 0.6) is 5.75 Å². The van der Waals surface area contributed by atoms with Gasteiger partial charge in [-0.05, 0) is 43.1 Å². The Bertz CT molecular complexity index is 542. The molecule has 0 fully saturated rings. The summed E-state index contributed by atoms with van der Waals surface area (Å²) >= 11 is 0. The van der Waals surface area contributed by atoms with Gasteiger partial charge in [0.1, 0.15) is 5.75 Å². The van der Waals surface area contributed by atoms with E-state index in [-0.39, 0.29) is 6.04 Å². The first-order valence-electron chi connectivity index (χ1n) is 7.47. The average Bonchev–Trinajstić information content (AvgIpc) is 2.51. The standard InChI is InChI=1S/C18H24N2O/c1-15(17-9-5-10-18(21)13-17)20(12-6-11-19)14-16-7-3-2-4-8-16/h2-5,7-10,13,15,21H,6,11-12,14,19H2,1H3. The number of benzene rings is 2. The van der Waals surface area contributed by atoms with Gasteiger partial charge < -0.3 is 10.8 Å². The molecule has 0 bridgehead atoms. The molecule has 1 unspecified atom stereocenters. The number of phenols is 1. The average molecular weight is 284 g/mol. The molecule has 3 heteroatoms. The van der Waals surface area contributed by atoms with Crippen molar-refractivity contribution in [2.75, 3.05) is 13.1 Å². The number of hydrogen-bond donors (Lipinski definition) is 2. The van der Waals surface area contributed by atoms with Gasteiger partial charge in [-0.15, -0.1) is 0 Å². The highest BCUT2D eigenvalue weighted by Gasteiger charge is 2.16. The Hall–Kier alpha value is -1.84. The molecule has 3 nitrogen and oxygen atoms in total. The molecule has 0 saturated carbocycles. The molecule has 0 saturated heterocycles. The van der Waals surface area contributed by atoms with Crippen LogP contribution in [0, 0.1) is 0 Å². The van der Waals surface area contributed by atoms with Crippen molar-refractivity contribution < 1.29 is 5.11 Å². The highest BCUT2D eigenvalue weighted by atomic mass is 16.3. The van der Waals surface area contributed by atoms with Crippen LogP contribution in [-0.2, 0) is 6.54 Å². The van der Waals surface area contributed by atoms with Gasteiger partial charge in [-0.25, -0.2) is 0 Å². The third-order valence-electron chi connectivity index (χ3n) is 3.78. The second kappa shape index (κ2) is 7.81. The smallest absolute Gasteiger partial charge is 0.115 e. The zero-order valence-electron chi connectivity index (χ0n) is 12.6. The van der Waals surface area contributed by atoms with E-state index < -0.39 is 0 Å². The minimum Gasteiger partial charge on any atom is -0.508 e. The topological polar surface area (TPSA) is 49.5 Å². The van der Waals surface area contributed by atoms with Crippen molar-refractivity contribution in [2.24, 2.45) is 5.73 Å². The van der Waals surface area contributed by atoms with E-state index >= 15 is 0 Å². The Labute approximate surface area is 127 Å². The van der Waals surface area contributed by atoms with Gasteiger partial charge in [0, 0.05) is 19.1 Å². The molecule has 1 atom stereocenters. The SMILES string of the molecule is CC(c1cccc(O)c1)N(CCCN)Cc1ccccc1. The van der Waals surface area contributed by atoms with Crippen LogP contribution in [0.25, 0.3) is 0 Å². The van der Waals surface area contributed by atoms with Crippen LogP contribution in [0.15, 0.2) is 54.6 Å². The second-order valence-corrected chi connectivity index (χ2v) is 5.37. The van der Waals surface area contributed by atoms with Gasteiger partial charge in [0.15, 0.2) is 0 Å². The molecule has 2 aromatic rings. The summed E-state index contributed by atoms with van der Waals surface area (Å²) in [6, 6.07) is 18.2. The van der Waals surface area contributed by atoms with Gasteiger partial charge in [-0.3, -0.25) is 4.90 Å². The molecule has 0 aliphatic carbocycles. The lowest BCUT2D eigenvalue weighted by molar-refractivity contribution is 0.200. The summed E-state index contributed by atoms with van der Waals surface area (Å²) in [6.45, 7) is 4.70. The summed E-state index contributed by atoms with van der Waals surface area (Å²) in [6.07, 6.45) is 0.968. The van der Waals surface area contributed by atoms with Crippen molar-refractivity contribution in [1.82, 2.24) is 4.90 Å². The first-order valence-corrected chi connectivity index (χ1v) is 7.47. The molecule has 21 heavy (non-hydrogen) atoms. The molecule has 0 heterocycles. The van der Waals surface area contributed by atoms with Crippen molar-refractivity contribution >= 4 is 0 Å². The van der Waals surface area contributed by atoms with Gasteiger partial charge in [0.05, 0.1) is 0 Å². The molecule has 0 spiro atoms. The summed E-state index contributed by atoms with van der Waals surface area (Å²) in [5, 5.41) is 9.67. The molecule has 0 aliphatic rings. The molecule has 0 aliphatic heterocycles. The third-order valence-corrected chi connectivity index (χ3v) is 3.78. The van der Waals surface area contributed by atoms with Crippen molar-refractivity contribution in [2.45, 2.75) is 25.9 Å². The minimum absolute atomic E-state index is 0.240. The fourth-order valence-corrected chi connectivity index (χ4v) is 2.52. The Morgan fingerprint density at radius 3 is 2.52 bits per heavy atom. The number of rotatable bonds is 7. The van der Waals surface area contributed by atoms with Crippen molar-refractivity contribution in [3.05, 3.63) is 65.7 Å². The second-order valence-electron chi connectivity index (χ2n) is 5.37. The van der Waals surface area contributed by atoms with Crippen molar-refractivity contribution in [1.29, 1.82) is 0 Å². The molecule has 112 valence electrons. The largest absolute Gasteiger partial charge is 0.508 e. The number of hydrogen-bond acceptors (Lipinski definition) is 3. The van der Waals surface area contributed by atoms with Gasteiger partial charge in [-0.1, -0.05) is 42.5 Å². The zero-order valence-corrected chi connectivity index (χ0v) is 12.6. The fraction of sp³-hybridized carbons (Fsp3) is 0.333. The van der Waals surface area contributed by atoms with Crippen LogP contribution >= 0.6 is 0 Å². The predicted molar refractivity (Wildman–Crippen MR) is 87.0 cm³/mol. The monoisotopic (exact) mass is 284 g/mol. The number of phenolic OH excluding ortho intramolecular Hbond substituents is 1. The van der Waals surface area contributed by atoms with Crippen LogP contribution in [0.1, 0.15) is 30.5 Å². The normalized spacial score (nSPS) is 12.5. The Balaban J connectivity index is 2.14. The van der Waals surface area contributed by atoms with Crippen LogP contribution in [0.4, 0.5) is 0 Å². The van der Waals surface area contributed by atoms with E-state index in [1.54, 1.807) is 6.07 Å². The maximum atomic E-state index is 9.67. The molecule has 0 aromatic heterocycles. The summed E-state index contributed by atoms with van der Waals surface area (Å²) in [5.41, 5.74) is 8.09. The quantitative estimate of drug-likeness (QED) is 0.820. The predicted octanol–water partition coefficient (Wildman–Crippen LogP) is 3.30. The summed E-state index contributed by atoms with van der Waals surface area (Å²) < 4.78 is 0. The summed E-state index contributed by atoms with van der Waals surface area (Å²) in [7, 11) is 0. The fourth-order valence-electron chi connectivity index (χ4n) is 2.52. The molecule has 2 rings (SSSR count). The van der Waals surface area contributed by atoms with E-state index in [9.17, 15) is 5.11 Å². The first kappa shape index (κ1) is 15.5. The lowest BCUT2D eigenvalue weighted by atomic mass is 10.0. The van der Waals surface area contributed by atoms with E-state index in [1.165, 1.54) is 5.56 Å². The highest BCUT2D eigenvalue weighted by molar-refractivity contribution is 5.29. The number of aromatic hydroxyl groups is 1. The Kier molecular flexibility index (Phi) is 5.78. The lowest BCUT2D eigenvalue weighted by Crippen LogP contribution is -2.29. The van der Waals surface area contributed by atoms with E-state index in [0.717, 1.165) is 25.1 Å². The molecule has 0 radical (unpaired) electrons. The summed E-state index contributed by atoms with van der Waals surface area (Å²) in [5.74, 6) is 0.317. The van der Waals surface area contributed by atoms with E-state index in [4.69, 9.17) is 5.73 Å². The first-order chi connectivity index (χ1) is 10.2. The zero-order chi connectivity index (χ0) is 15.1. The van der Waals surface area contributed by atoms with Gasteiger partial charge in [-0.2, -0.15) is 0 Å². The van der Waals surface area contributed by atoms with Gasteiger partial charge >= 0.3 is 0 Å². The van der Waals surface area contributed by atoms with Crippen LogP contribution in [-0.4, -0.2) is 23.1 Å². The van der Waals surface area contributed by atoms with E-state index in [2.05, 4.69) is 42.2 Å². The Morgan fingerprint density at radius 1 is 1.10 bits per heavy atom. The van der Waals surface area contributed by atoms with Crippen LogP contribution in [0.2, 0.25) is 0 Å². The van der Waals surface area contributed by atoms with Crippen molar-refractivity contribution in [3.63, 3.8) is 0 Å². The van der Waals surface area contributed by atoms with E-state index in [1.807, 2.05) is 18.2 Å². The van der Waals surface area contributed by atoms with Crippen molar-refractivity contribution in [3.8, 4) is 5.75 Å². The number of nitrogens with two attached hydrogens (primary N) is 1. The number of nitrogens with zero attached hydrogens (tertiary/aromatic N) is 1. The Morgan fingerprint density at radius 2 is 1.86 bits per heavy atom. The molecular formula is C18H24N2O. The summed E-state index contributed by atoms with van der Waals surface area (Å²) in [4.78, 5) is 2.40. The van der Waals surface area contributed by atoms with Gasteiger partial charge in [0.2, 0.25) is 0 Å². The van der Waals surface area contributed by atoms with Crippen LogP contribution < -0.4 is 5.73 Å².